The maximum atomic E-state index is 13.2. The monoisotopic (exact) mass is 288 g/mol. The van der Waals surface area contributed by atoms with E-state index in [2.05, 4.69) is 40.4 Å². The van der Waals surface area contributed by atoms with Gasteiger partial charge in [-0.2, -0.15) is 0 Å². The molecule has 0 spiro atoms. The Balaban J connectivity index is 2.39. The largest absolute Gasteiger partial charge is 0.315 e. The van der Waals surface area contributed by atoms with Crippen LogP contribution in [0.15, 0.2) is 22.7 Å². The van der Waals surface area contributed by atoms with Crippen LogP contribution in [0.3, 0.4) is 0 Å². The van der Waals surface area contributed by atoms with Crippen LogP contribution in [0.5, 0.6) is 0 Å². The minimum absolute atomic E-state index is 0.210. The van der Waals surface area contributed by atoms with E-state index in [9.17, 15) is 4.39 Å². The van der Waals surface area contributed by atoms with Gasteiger partial charge in [0.25, 0.3) is 0 Å². The van der Waals surface area contributed by atoms with E-state index in [-0.39, 0.29) is 5.82 Å². The molecule has 0 bridgehead atoms. The van der Waals surface area contributed by atoms with Crippen LogP contribution >= 0.6 is 15.9 Å². The highest BCUT2D eigenvalue weighted by atomic mass is 79.9. The molecular weight excluding hydrogens is 271 g/mol. The van der Waals surface area contributed by atoms with E-state index >= 15 is 0 Å². The first-order valence-corrected chi connectivity index (χ1v) is 6.30. The summed E-state index contributed by atoms with van der Waals surface area (Å²) in [6.45, 7) is 6.78. The molecule has 1 rings (SSSR count). The maximum Gasteiger partial charge on any atom is 0.137 e. The Morgan fingerprint density at radius 3 is 2.81 bits per heavy atom. The fraction of sp³-hybridized carbons (Fsp3) is 0.500. The first kappa shape index (κ1) is 13.6. The summed E-state index contributed by atoms with van der Waals surface area (Å²) in [5, 5.41) is 6.60. The highest BCUT2D eigenvalue weighted by molar-refractivity contribution is 9.10. The molecule has 16 heavy (non-hydrogen) atoms. The molecule has 1 aromatic rings. The van der Waals surface area contributed by atoms with Crippen molar-refractivity contribution in [1.82, 2.24) is 10.6 Å². The predicted molar refractivity (Wildman–Crippen MR) is 68.9 cm³/mol. The second-order valence-electron chi connectivity index (χ2n) is 3.84. The maximum absolute atomic E-state index is 13.2. The molecule has 90 valence electrons. The minimum Gasteiger partial charge on any atom is -0.315 e. The summed E-state index contributed by atoms with van der Waals surface area (Å²) in [5.41, 5.74) is 0.962. The van der Waals surface area contributed by atoms with Crippen LogP contribution in [0, 0.1) is 5.82 Å². The molecule has 4 heteroatoms. The zero-order valence-electron chi connectivity index (χ0n) is 9.69. The van der Waals surface area contributed by atoms with E-state index in [1.54, 1.807) is 12.1 Å². The third-order valence-electron chi connectivity index (χ3n) is 2.34. The van der Waals surface area contributed by atoms with Gasteiger partial charge in [0.05, 0.1) is 4.47 Å². The van der Waals surface area contributed by atoms with Gasteiger partial charge in [-0.1, -0.05) is 13.0 Å². The lowest BCUT2D eigenvalue weighted by atomic mass is 10.2. The highest BCUT2D eigenvalue weighted by Gasteiger charge is 2.03. The SMILES string of the molecule is CCNCC(C)NCc1ccc(Br)c(F)c1. The molecule has 0 aliphatic rings. The zero-order chi connectivity index (χ0) is 12.0. The quantitative estimate of drug-likeness (QED) is 0.841. The first-order valence-electron chi connectivity index (χ1n) is 5.51. The van der Waals surface area contributed by atoms with Crippen molar-refractivity contribution >= 4 is 15.9 Å². The Morgan fingerprint density at radius 2 is 2.19 bits per heavy atom. The molecule has 0 aliphatic heterocycles. The van der Waals surface area contributed by atoms with Crippen molar-refractivity contribution in [2.45, 2.75) is 26.4 Å². The van der Waals surface area contributed by atoms with E-state index < -0.39 is 0 Å². The minimum atomic E-state index is -0.210. The Morgan fingerprint density at radius 1 is 1.44 bits per heavy atom. The molecule has 0 saturated heterocycles. The van der Waals surface area contributed by atoms with Crippen LogP contribution in [0.25, 0.3) is 0 Å². The van der Waals surface area contributed by atoms with Crippen molar-refractivity contribution in [2.24, 2.45) is 0 Å². The summed E-state index contributed by atoms with van der Waals surface area (Å²) in [4.78, 5) is 0. The van der Waals surface area contributed by atoms with E-state index in [0.717, 1.165) is 18.7 Å². The lowest BCUT2D eigenvalue weighted by Crippen LogP contribution is -2.35. The standard InChI is InChI=1S/C12H18BrFN2/c1-3-15-7-9(2)16-8-10-4-5-11(13)12(14)6-10/h4-6,9,15-16H,3,7-8H2,1-2H3. The Labute approximate surface area is 105 Å². The molecule has 2 nitrogen and oxygen atoms in total. The second kappa shape index (κ2) is 6.99. The van der Waals surface area contributed by atoms with Gasteiger partial charge in [-0.3, -0.25) is 0 Å². The van der Waals surface area contributed by atoms with E-state index in [0.29, 0.717) is 17.1 Å². The van der Waals surface area contributed by atoms with E-state index in [1.165, 1.54) is 0 Å². The second-order valence-corrected chi connectivity index (χ2v) is 4.69. The number of benzene rings is 1. The van der Waals surface area contributed by atoms with Crippen LogP contribution in [0.2, 0.25) is 0 Å². The zero-order valence-corrected chi connectivity index (χ0v) is 11.3. The smallest absolute Gasteiger partial charge is 0.137 e. The van der Waals surface area contributed by atoms with Gasteiger partial charge in [-0.05, 0) is 47.1 Å². The Hall–Kier alpha value is -0.450. The average molecular weight is 289 g/mol. The van der Waals surface area contributed by atoms with Gasteiger partial charge in [0.2, 0.25) is 0 Å². The topological polar surface area (TPSA) is 24.1 Å². The Kier molecular flexibility index (Phi) is 5.95. The first-order chi connectivity index (χ1) is 7.63. The van der Waals surface area contributed by atoms with Crippen molar-refractivity contribution < 1.29 is 4.39 Å². The summed E-state index contributed by atoms with van der Waals surface area (Å²) in [6, 6.07) is 5.59. The predicted octanol–water partition coefficient (Wildman–Crippen LogP) is 2.68. The normalized spacial score (nSPS) is 12.8. The van der Waals surface area contributed by atoms with Crippen molar-refractivity contribution in [3.8, 4) is 0 Å². The number of halogens is 2. The summed E-state index contributed by atoms with van der Waals surface area (Å²) in [5.74, 6) is -0.210. The lowest BCUT2D eigenvalue weighted by molar-refractivity contribution is 0.507. The van der Waals surface area contributed by atoms with Crippen molar-refractivity contribution in [3.63, 3.8) is 0 Å². The van der Waals surface area contributed by atoms with Gasteiger partial charge in [-0.15, -0.1) is 0 Å². The van der Waals surface area contributed by atoms with Gasteiger partial charge in [-0.25, -0.2) is 4.39 Å². The molecule has 0 amide bonds. The van der Waals surface area contributed by atoms with Crippen LogP contribution in [0.1, 0.15) is 19.4 Å². The molecule has 1 atom stereocenters. The fourth-order valence-corrected chi connectivity index (χ4v) is 1.62. The number of hydrogen-bond donors (Lipinski definition) is 2. The van der Waals surface area contributed by atoms with Crippen molar-refractivity contribution in [1.29, 1.82) is 0 Å². The number of rotatable bonds is 6. The van der Waals surface area contributed by atoms with Gasteiger partial charge in [0.15, 0.2) is 0 Å². The molecule has 0 saturated carbocycles. The molecule has 2 N–H and O–H groups in total. The number of likely N-dealkylation sites (N-methyl/N-ethyl adjacent to an activating group) is 1. The molecule has 0 aromatic heterocycles. The van der Waals surface area contributed by atoms with E-state index in [4.69, 9.17) is 0 Å². The van der Waals surface area contributed by atoms with Gasteiger partial charge in [0, 0.05) is 19.1 Å². The molecular formula is C12H18BrFN2. The van der Waals surface area contributed by atoms with Crippen molar-refractivity contribution in [3.05, 3.63) is 34.1 Å². The van der Waals surface area contributed by atoms with Crippen LogP contribution in [-0.4, -0.2) is 19.1 Å². The average Bonchev–Trinajstić information content (AvgIpc) is 2.28. The summed E-state index contributed by atoms with van der Waals surface area (Å²) < 4.78 is 13.7. The summed E-state index contributed by atoms with van der Waals surface area (Å²) in [6.07, 6.45) is 0. The van der Waals surface area contributed by atoms with Gasteiger partial charge >= 0.3 is 0 Å². The fourth-order valence-electron chi connectivity index (χ4n) is 1.37. The molecule has 0 aliphatic carbocycles. The molecule has 0 fully saturated rings. The summed E-state index contributed by atoms with van der Waals surface area (Å²) >= 11 is 3.14. The Bertz CT molecular complexity index is 331. The third kappa shape index (κ3) is 4.60. The van der Waals surface area contributed by atoms with Crippen LogP contribution < -0.4 is 10.6 Å². The number of nitrogens with one attached hydrogen (secondary N) is 2. The third-order valence-corrected chi connectivity index (χ3v) is 2.98. The number of hydrogen-bond acceptors (Lipinski definition) is 2. The van der Waals surface area contributed by atoms with Crippen molar-refractivity contribution in [2.75, 3.05) is 13.1 Å². The molecule has 1 aromatic carbocycles. The molecule has 0 heterocycles. The van der Waals surface area contributed by atoms with Gasteiger partial charge < -0.3 is 10.6 Å². The van der Waals surface area contributed by atoms with Crippen LogP contribution in [-0.2, 0) is 6.54 Å². The highest BCUT2D eigenvalue weighted by Crippen LogP contribution is 2.16. The molecule has 0 radical (unpaired) electrons. The van der Waals surface area contributed by atoms with Gasteiger partial charge in [0.1, 0.15) is 5.82 Å². The summed E-state index contributed by atoms with van der Waals surface area (Å²) in [7, 11) is 0. The molecule has 1 unspecified atom stereocenters. The van der Waals surface area contributed by atoms with E-state index in [1.807, 2.05) is 6.07 Å². The van der Waals surface area contributed by atoms with Crippen LogP contribution in [0.4, 0.5) is 4.39 Å². The lowest BCUT2D eigenvalue weighted by Gasteiger charge is -2.14.